The van der Waals surface area contributed by atoms with Crippen LogP contribution in [0.2, 0.25) is 0 Å². The van der Waals surface area contributed by atoms with Gasteiger partial charge in [-0.25, -0.2) is 13.6 Å². The highest BCUT2D eigenvalue weighted by Crippen LogP contribution is 2.36. The molecule has 1 aliphatic heterocycles. The van der Waals surface area contributed by atoms with Crippen LogP contribution in [0.5, 0.6) is 17.2 Å². The number of fused-ring (bicyclic) bond motifs is 1. The number of carbonyl (C=O) groups is 4. The average Bonchev–Trinajstić information content (AvgIpc) is 2.95. The van der Waals surface area contributed by atoms with Crippen molar-refractivity contribution < 1.29 is 46.6 Å². The third kappa shape index (κ3) is 7.27. The number of rotatable bonds is 8. The quantitative estimate of drug-likeness (QED) is 0.299. The number of para-hydroxylation sites is 1. The Balaban J connectivity index is 1.72. The van der Waals surface area contributed by atoms with Gasteiger partial charge in [0.25, 0.3) is 0 Å². The van der Waals surface area contributed by atoms with Gasteiger partial charge in [0.05, 0.1) is 12.3 Å². The van der Waals surface area contributed by atoms with Crippen LogP contribution in [0, 0.1) is 30.3 Å². The van der Waals surface area contributed by atoms with Gasteiger partial charge in [-0.05, 0) is 31.4 Å². The molecular formula is C27H29F3N2O7. The lowest BCUT2D eigenvalue weighted by atomic mass is 10.0. The maximum Gasteiger partial charge on any atom is 0.415 e. The van der Waals surface area contributed by atoms with Crippen LogP contribution in [0.3, 0.4) is 0 Å². The number of esters is 1. The van der Waals surface area contributed by atoms with E-state index < -0.39 is 77.7 Å². The van der Waals surface area contributed by atoms with Gasteiger partial charge in [-0.3, -0.25) is 14.4 Å². The number of halogens is 3. The lowest BCUT2D eigenvalue weighted by molar-refractivity contribution is -0.138. The highest BCUT2D eigenvalue weighted by atomic mass is 19.2. The van der Waals surface area contributed by atoms with E-state index in [1.165, 1.54) is 4.90 Å². The molecule has 3 rings (SSSR count). The van der Waals surface area contributed by atoms with Gasteiger partial charge in [0.1, 0.15) is 18.4 Å². The molecule has 2 unspecified atom stereocenters. The first-order valence-electron chi connectivity index (χ1n) is 12.4. The Kier molecular flexibility index (Phi) is 9.91. The summed E-state index contributed by atoms with van der Waals surface area (Å²) in [7, 11) is 0. The molecule has 210 valence electrons. The van der Waals surface area contributed by atoms with E-state index in [1.54, 1.807) is 38.1 Å². The Morgan fingerprint density at radius 2 is 1.85 bits per heavy atom. The molecule has 2 aromatic rings. The summed E-state index contributed by atoms with van der Waals surface area (Å²) in [5, 5.41) is 2.45. The first-order valence-corrected chi connectivity index (χ1v) is 12.4. The molecule has 1 heterocycles. The van der Waals surface area contributed by atoms with Crippen LogP contribution in [0.15, 0.2) is 30.3 Å². The fourth-order valence-corrected chi connectivity index (χ4v) is 3.90. The molecule has 1 N–H and O–H groups in total. The zero-order valence-corrected chi connectivity index (χ0v) is 21.7. The molecule has 0 aromatic heterocycles. The van der Waals surface area contributed by atoms with E-state index in [4.69, 9.17) is 14.2 Å². The van der Waals surface area contributed by atoms with E-state index in [2.05, 4.69) is 5.32 Å². The minimum atomic E-state index is -1.63. The van der Waals surface area contributed by atoms with Crippen LogP contribution in [0.1, 0.15) is 38.7 Å². The van der Waals surface area contributed by atoms with E-state index in [0.717, 1.165) is 5.56 Å². The number of ketones is 1. The molecule has 0 aliphatic carbocycles. The Labute approximate surface area is 223 Å². The molecule has 0 bridgehead atoms. The molecule has 2 amide bonds. The van der Waals surface area contributed by atoms with Crippen molar-refractivity contribution in [1.82, 2.24) is 10.2 Å². The largest absolute Gasteiger partial charge is 0.479 e. The maximum atomic E-state index is 14.2. The number of hydrogen-bond donors (Lipinski definition) is 1. The third-order valence-electron chi connectivity index (χ3n) is 6.08. The van der Waals surface area contributed by atoms with Crippen molar-refractivity contribution in [2.45, 2.75) is 46.1 Å². The number of amides is 2. The number of benzene rings is 2. The van der Waals surface area contributed by atoms with Crippen LogP contribution in [-0.2, 0) is 14.4 Å². The number of aryl methyl sites for hydroxylation is 1. The summed E-state index contributed by atoms with van der Waals surface area (Å²) in [6.45, 7) is 4.71. The molecule has 0 fully saturated rings. The smallest absolute Gasteiger partial charge is 0.415 e. The van der Waals surface area contributed by atoms with E-state index in [1.807, 2.05) is 6.92 Å². The molecule has 0 saturated carbocycles. The van der Waals surface area contributed by atoms with Crippen molar-refractivity contribution in [2.75, 3.05) is 19.7 Å². The molecule has 0 spiro atoms. The second kappa shape index (κ2) is 13.1. The number of carbonyl (C=O) groups excluding carboxylic acids is 4. The van der Waals surface area contributed by atoms with Gasteiger partial charge >= 0.3 is 12.1 Å². The second-order valence-electron chi connectivity index (χ2n) is 8.99. The van der Waals surface area contributed by atoms with Crippen LogP contribution >= 0.6 is 0 Å². The lowest BCUT2D eigenvalue weighted by Crippen LogP contribution is -2.49. The van der Waals surface area contributed by atoms with Crippen molar-refractivity contribution in [1.29, 1.82) is 0 Å². The van der Waals surface area contributed by atoms with Gasteiger partial charge in [-0.1, -0.05) is 32.0 Å². The molecule has 2 atom stereocenters. The Hall–Kier alpha value is -4.09. The summed E-state index contributed by atoms with van der Waals surface area (Å²) in [6, 6.07) is 5.69. The van der Waals surface area contributed by atoms with Crippen LogP contribution in [0.25, 0.3) is 0 Å². The molecular weight excluding hydrogens is 521 g/mol. The van der Waals surface area contributed by atoms with Crippen molar-refractivity contribution in [3.63, 3.8) is 0 Å². The summed E-state index contributed by atoms with van der Waals surface area (Å²) < 4.78 is 57.2. The van der Waals surface area contributed by atoms with E-state index in [0.29, 0.717) is 18.7 Å². The molecule has 1 aliphatic rings. The number of nitrogens with one attached hydrogen (secondary N) is 1. The van der Waals surface area contributed by atoms with E-state index in [-0.39, 0.29) is 19.0 Å². The number of ether oxygens (including phenoxy) is 3. The number of nitrogens with zero attached hydrogens (tertiary/aromatic N) is 1. The van der Waals surface area contributed by atoms with Gasteiger partial charge < -0.3 is 24.4 Å². The standard InChI is InChI=1S/C27H29F3N2O7/c1-4-10-32(27(36)38-21-9-7-6-8-15(21)3)13-16(5-2)26(35)31-19-12-22(34)39-24-18(29)11-17(28)23(30)25(24)37-14-20(19)33/h6-9,11,16,19H,4-5,10,12-14H2,1-3H3,(H,31,35). The van der Waals surface area contributed by atoms with Crippen molar-refractivity contribution >= 4 is 23.8 Å². The first kappa shape index (κ1) is 29.5. The van der Waals surface area contributed by atoms with Crippen molar-refractivity contribution in [2.24, 2.45) is 5.92 Å². The van der Waals surface area contributed by atoms with Gasteiger partial charge in [-0.2, -0.15) is 4.39 Å². The SMILES string of the molecule is CCCN(CC(CC)C(=O)NC1CC(=O)Oc2c(F)cc(F)c(F)c2OCC1=O)C(=O)Oc1ccccc1C. The van der Waals surface area contributed by atoms with Crippen molar-refractivity contribution in [3.05, 3.63) is 53.3 Å². The molecule has 9 nitrogen and oxygen atoms in total. The van der Waals surface area contributed by atoms with E-state index in [9.17, 15) is 32.3 Å². The number of Topliss-reactive ketones (excluding diaryl/α,β-unsaturated/α-hetero) is 1. The normalized spacial score (nSPS) is 16.0. The summed E-state index contributed by atoms with van der Waals surface area (Å²) >= 11 is 0. The monoisotopic (exact) mass is 550 g/mol. The third-order valence-corrected chi connectivity index (χ3v) is 6.08. The Bertz CT molecular complexity index is 1250. The minimum Gasteiger partial charge on any atom is -0.479 e. The molecule has 0 saturated heterocycles. The van der Waals surface area contributed by atoms with Crippen molar-refractivity contribution in [3.8, 4) is 17.2 Å². The average molecular weight is 551 g/mol. The Morgan fingerprint density at radius 1 is 1.13 bits per heavy atom. The lowest BCUT2D eigenvalue weighted by Gasteiger charge is -2.27. The van der Waals surface area contributed by atoms with Gasteiger partial charge in [0.15, 0.2) is 17.4 Å². The zero-order chi connectivity index (χ0) is 28.7. The predicted octanol–water partition coefficient (Wildman–Crippen LogP) is 4.09. The van der Waals surface area contributed by atoms with Crippen LogP contribution < -0.4 is 19.5 Å². The summed E-state index contributed by atoms with van der Waals surface area (Å²) in [5.74, 6) is -9.76. The number of hydrogen-bond acceptors (Lipinski definition) is 7. The molecule has 12 heteroatoms. The zero-order valence-electron chi connectivity index (χ0n) is 21.7. The highest BCUT2D eigenvalue weighted by molar-refractivity contribution is 5.94. The topological polar surface area (TPSA) is 111 Å². The van der Waals surface area contributed by atoms with Crippen LogP contribution in [-0.4, -0.2) is 54.4 Å². The van der Waals surface area contributed by atoms with Gasteiger partial charge in [0, 0.05) is 19.2 Å². The predicted molar refractivity (Wildman–Crippen MR) is 132 cm³/mol. The fourth-order valence-electron chi connectivity index (χ4n) is 3.90. The highest BCUT2D eigenvalue weighted by Gasteiger charge is 2.33. The fraction of sp³-hybridized carbons (Fsp3) is 0.407. The molecule has 0 radical (unpaired) electrons. The Morgan fingerprint density at radius 3 is 2.51 bits per heavy atom. The van der Waals surface area contributed by atoms with Crippen LogP contribution in [0.4, 0.5) is 18.0 Å². The maximum absolute atomic E-state index is 14.2. The van der Waals surface area contributed by atoms with Gasteiger partial charge in [-0.15, -0.1) is 0 Å². The molecule has 2 aromatic carbocycles. The first-order chi connectivity index (χ1) is 18.5. The minimum absolute atomic E-state index is 0.0378. The second-order valence-corrected chi connectivity index (χ2v) is 8.99. The van der Waals surface area contributed by atoms with Gasteiger partial charge in [0.2, 0.25) is 23.2 Å². The van der Waals surface area contributed by atoms with E-state index >= 15 is 0 Å². The summed E-state index contributed by atoms with van der Waals surface area (Å²) in [4.78, 5) is 52.5. The summed E-state index contributed by atoms with van der Waals surface area (Å²) in [6.07, 6.45) is -0.510. The summed E-state index contributed by atoms with van der Waals surface area (Å²) in [5.41, 5.74) is 0.754. The molecule has 39 heavy (non-hydrogen) atoms.